The van der Waals surface area contributed by atoms with Crippen molar-refractivity contribution in [1.29, 1.82) is 0 Å². The van der Waals surface area contributed by atoms with Gasteiger partial charge in [0.2, 0.25) is 0 Å². The average Bonchev–Trinajstić information content (AvgIpc) is 3.07. The van der Waals surface area contributed by atoms with Gasteiger partial charge in [0.25, 0.3) is 0 Å². The zero-order chi connectivity index (χ0) is 10.8. The van der Waals surface area contributed by atoms with Crippen LogP contribution in [0.5, 0.6) is 0 Å². The quantitative estimate of drug-likeness (QED) is 0.824. The number of ether oxygens (including phenoxy) is 1. The Morgan fingerprint density at radius 3 is 3.00 bits per heavy atom. The maximum atomic E-state index is 5.78. The first kappa shape index (κ1) is 10.2. The van der Waals surface area contributed by atoms with E-state index in [4.69, 9.17) is 4.74 Å². The van der Waals surface area contributed by atoms with E-state index < -0.39 is 0 Å². The molecule has 0 amide bonds. The summed E-state index contributed by atoms with van der Waals surface area (Å²) in [5, 5.41) is 3.54. The third kappa shape index (κ3) is 2.23. The molecule has 0 aromatic carbocycles. The van der Waals surface area contributed by atoms with Gasteiger partial charge in [-0.2, -0.15) is 0 Å². The molecule has 4 nitrogen and oxygen atoms in total. The fourth-order valence-corrected chi connectivity index (χ4v) is 2.38. The summed E-state index contributed by atoms with van der Waals surface area (Å²) >= 11 is 0. The number of aromatic nitrogens is 2. The van der Waals surface area contributed by atoms with Crippen LogP contribution in [0.4, 0.5) is 0 Å². The molecule has 2 unspecified atom stereocenters. The van der Waals surface area contributed by atoms with E-state index in [1.807, 2.05) is 6.20 Å². The lowest BCUT2D eigenvalue weighted by molar-refractivity contribution is 0.0808. The molecule has 2 fully saturated rings. The van der Waals surface area contributed by atoms with Crippen molar-refractivity contribution in [2.75, 3.05) is 6.61 Å². The molecule has 2 aliphatic rings. The molecule has 0 spiro atoms. The molecule has 0 radical (unpaired) electrons. The van der Waals surface area contributed by atoms with Crippen LogP contribution in [0, 0.1) is 5.92 Å². The largest absolute Gasteiger partial charge is 0.376 e. The highest BCUT2D eigenvalue weighted by Crippen LogP contribution is 2.38. The van der Waals surface area contributed by atoms with E-state index in [-0.39, 0.29) is 0 Å². The van der Waals surface area contributed by atoms with Gasteiger partial charge in [-0.15, -0.1) is 0 Å². The molecule has 4 heteroatoms. The molecule has 0 bridgehead atoms. The zero-order valence-corrected chi connectivity index (χ0v) is 9.30. The lowest BCUT2D eigenvalue weighted by Gasteiger charge is -2.19. The standard InChI is InChI=1S/C12H17N3O/c1-2-9(1)12-11(3-6-16-12)15-8-10-7-13-4-5-14-10/h4-5,7,9,11-12,15H,1-3,6,8H2. The van der Waals surface area contributed by atoms with Gasteiger partial charge < -0.3 is 10.1 Å². The molecule has 86 valence electrons. The monoisotopic (exact) mass is 219 g/mol. The first-order valence-electron chi connectivity index (χ1n) is 6.03. The van der Waals surface area contributed by atoms with Gasteiger partial charge in [-0.1, -0.05) is 0 Å². The third-order valence-electron chi connectivity index (χ3n) is 3.38. The van der Waals surface area contributed by atoms with Crippen LogP contribution >= 0.6 is 0 Å². The predicted octanol–water partition coefficient (Wildman–Crippen LogP) is 1.13. The van der Waals surface area contributed by atoms with E-state index >= 15 is 0 Å². The number of nitrogens with zero attached hydrogens (tertiary/aromatic N) is 2. The van der Waals surface area contributed by atoms with Gasteiger partial charge in [-0.3, -0.25) is 9.97 Å². The summed E-state index contributed by atoms with van der Waals surface area (Å²) in [4.78, 5) is 8.32. The predicted molar refractivity (Wildman–Crippen MR) is 59.7 cm³/mol. The molecular weight excluding hydrogens is 202 g/mol. The van der Waals surface area contributed by atoms with Crippen LogP contribution in [0.1, 0.15) is 25.0 Å². The molecule has 2 heterocycles. The molecule has 1 saturated carbocycles. The fourth-order valence-electron chi connectivity index (χ4n) is 2.38. The minimum Gasteiger partial charge on any atom is -0.376 e. The summed E-state index contributed by atoms with van der Waals surface area (Å²) in [5.74, 6) is 0.807. The lowest BCUT2D eigenvalue weighted by Crippen LogP contribution is -2.37. The average molecular weight is 219 g/mol. The number of hydrogen-bond donors (Lipinski definition) is 1. The SMILES string of the molecule is c1cnc(CNC2CCOC2C2CC2)cn1. The van der Waals surface area contributed by atoms with Gasteiger partial charge in [-0.05, 0) is 25.2 Å². The van der Waals surface area contributed by atoms with Crippen molar-refractivity contribution in [1.82, 2.24) is 15.3 Å². The summed E-state index contributed by atoms with van der Waals surface area (Å²) in [6.45, 7) is 1.70. The highest BCUT2D eigenvalue weighted by atomic mass is 16.5. The molecule has 1 saturated heterocycles. The Morgan fingerprint density at radius 1 is 1.31 bits per heavy atom. The van der Waals surface area contributed by atoms with E-state index in [1.54, 1.807) is 12.4 Å². The minimum atomic E-state index is 0.441. The first-order chi connectivity index (χ1) is 7.93. The van der Waals surface area contributed by atoms with Crippen molar-refractivity contribution in [2.45, 2.75) is 38.0 Å². The van der Waals surface area contributed by atoms with Crippen LogP contribution in [0.3, 0.4) is 0 Å². The van der Waals surface area contributed by atoms with Crippen LogP contribution in [0.15, 0.2) is 18.6 Å². The molecule has 2 atom stereocenters. The lowest BCUT2D eigenvalue weighted by atomic mass is 10.1. The number of nitrogens with one attached hydrogen (secondary N) is 1. The zero-order valence-electron chi connectivity index (χ0n) is 9.30. The van der Waals surface area contributed by atoms with Crippen molar-refractivity contribution in [3.8, 4) is 0 Å². The molecule has 1 aliphatic carbocycles. The Labute approximate surface area is 95.4 Å². The maximum absolute atomic E-state index is 5.78. The second-order valence-electron chi connectivity index (χ2n) is 4.65. The molecule has 3 rings (SSSR count). The van der Waals surface area contributed by atoms with Crippen LogP contribution in [-0.4, -0.2) is 28.7 Å². The fraction of sp³-hybridized carbons (Fsp3) is 0.667. The summed E-state index contributed by atoms with van der Waals surface area (Å²) in [7, 11) is 0. The van der Waals surface area contributed by atoms with Gasteiger partial charge in [-0.25, -0.2) is 0 Å². The van der Waals surface area contributed by atoms with Crippen LogP contribution in [0.2, 0.25) is 0 Å². The topological polar surface area (TPSA) is 47.0 Å². The van der Waals surface area contributed by atoms with E-state index in [0.29, 0.717) is 12.1 Å². The smallest absolute Gasteiger partial charge is 0.0757 e. The molecule has 1 aromatic heterocycles. The van der Waals surface area contributed by atoms with Crippen LogP contribution in [-0.2, 0) is 11.3 Å². The molecule has 1 aromatic rings. The molecule has 1 N–H and O–H groups in total. The Morgan fingerprint density at radius 2 is 2.25 bits per heavy atom. The van der Waals surface area contributed by atoms with Crippen LogP contribution < -0.4 is 5.32 Å². The Hall–Kier alpha value is -1.00. The van der Waals surface area contributed by atoms with Crippen molar-refractivity contribution in [2.24, 2.45) is 5.92 Å². The number of rotatable bonds is 4. The van der Waals surface area contributed by atoms with Crippen molar-refractivity contribution in [3.05, 3.63) is 24.3 Å². The highest BCUT2D eigenvalue weighted by Gasteiger charge is 2.40. The van der Waals surface area contributed by atoms with Crippen LogP contribution in [0.25, 0.3) is 0 Å². The van der Waals surface area contributed by atoms with Crippen molar-refractivity contribution < 1.29 is 4.74 Å². The first-order valence-corrected chi connectivity index (χ1v) is 6.03. The molecule has 1 aliphatic heterocycles. The van der Waals surface area contributed by atoms with Crippen molar-refractivity contribution in [3.63, 3.8) is 0 Å². The van der Waals surface area contributed by atoms with Gasteiger partial charge >= 0.3 is 0 Å². The Kier molecular flexibility index (Phi) is 2.84. The van der Waals surface area contributed by atoms with Gasteiger partial charge in [0, 0.05) is 37.8 Å². The second kappa shape index (κ2) is 4.47. The summed E-state index contributed by atoms with van der Waals surface area (Å²) in [6.07, 6.45) is 9.50. The van der Waals surface area contributed by atoms with E-state index in [0.717, 1.165) is 31.2 Å². The maximum Gasteiger partial charge on any atom is 0.0757 e. The van der Waals surface area contributed by atoms with E-state index in [2.05, 4.69) is 15.3 Å². The second-order valence-corrected chi connectivity index (χ2v) is 4.65. The Balaban J connectivity index is 1.54. The minimum absolute atomic E-state index is 0.441. The molecule has 16 heavy (non-hydrogen) atoms. The Bertz CT molecular complexity index is 339. The van der Waals surface area contributed by atoms with Gasteiger partial charge in [0.05, 0.1) is 11.8 Å². The van der Waals surface area contributed by atoms with Crippen molar-refractivity contribution >= 4 is 0 Å². The molecular formula is C12H17N3O. The van der Waals surface area contributed by atoms with Gasteiger partial charge in [0.1, 0.15) is 0 Å². The highest BCUT2D eigenvalue weighted by molar-refractivity contribution is 4.98. The van der Waals surface area contributed by atoms with E-state index in [1.165, 1.54) is 12.8 Å². The summed E-state index contributed by atoms with van der Waals surface area (Å²) in [6, 6.07) is 0.509. The van der Waals surface area contributed by atoms with Gasteiger partial charge in [0.15, 0.2) is 0 Å². The number of hydrogen-bond acceptors (Lipinski definition) is 4. The van der Waals surface area contributed by atoms with E-state index in [9.17, 15) is 0 Å². The third-order valence-corrected chi connectivity index (χ3v) is 3.38. The normalized spacial score (nSPS) is 29.5. The summed E-state index contributed by atoms with van der Waals surface area (Å²) < 4.78 is 5.78. The summed E-state index contributed by atoms with van der Waals surface area (Å²) in [5.41, 5.74) is 1.00.